The summed E-state index contributed by atoms with van der Waals surface area (Å²) < 4.78 is 10.9. The Morgan fingerprint density at radius 3 is 2.92 bits per heavy atom. The predicted octanol–water partition coefficient (Wildman–Crippen LogP) is 3.76. The number of aryl methyl sites for hydroxylation is 1. The zero-order chi connectivity index (χ0) is 16.9. The van der Waals surface area contributed by atoms with E-state index in [2.05, 4.69) is 32.3 Å². The first-order valence-corrected chi connectivity index (χ1v) is 8.76. The zero-order valence-corrected chi connectivity index (χ0v) is 14.8. The molecule has 1 N–H and O–H groups in total. The fourth-order valence-electron chi connectivity index (χ4n) is 2.08. The number of hydrogen-bond donors (Lipinski definition) is 1. The molecule has 126 valence electrons. The molecule has 2 aromatic heterocycles. The van der Waals surface area contributed by atoms with Crippen molar-refractivity contribution in [3.8, 4) is 17.1 Å². The smallest absolute Gasteiger partial charge is 0.226 e. The van der Waals surface area contributed by atoms with Crippen molar-refractivity contribution < 1.29 is 9.15 Å². The van der Waals surface area contributed by atoms with Gasteiger partial charge in [-0.1, -0.05) is 30.3 Å². The SMILES string of the molecule is CCCc1nnc(CSc2n[nH]c(-c3cc(Cl)ccc3OC)n2)o1. The first-order valence-electron chi connectivity index (χ1n) is 7.40. The molecule has 7 nitrogen and oxygen atoms in total. The summed E-state index contributed by atoms with van der Waals surface area (Å²) >= 11 is 7.46. The van der Waals surface area contributed by atoms with Crippen LogP contribution in [0.25, 0.3) is 11.4 Å². The van der Waals surface area contributed by atoms with Gasteiger partial charge in [0.25, 0.3) is 0 Å². The van der Waals surface area contributed by atoms with Crippen molar-refractivity contribution in [2.24, 2.45) is 0 Å². The van der Waals surface area contributed by atoms with Crippen LogP contribution in [0.15, 0.2) is 27.8 Å². The number of methoxy groups -OCH3 is 1. The third-order valence-corrected chi connectivity index (χ3v) is 4.25. The topological polar surface area (TPSA) is 89.7 Å². The highest BCUT2D eigenvalue weighted by atomic mass is 35.5. The number of aromatic nitrogens is 5. The van der Waals surface area contributed by atoms with E-state index in [0.717, 1.165) is 18.4 Å². The van der Waals surface area contributed by atoms with Gasteiger partial charge in [-0.3, -0.25) is 5.10 Å². The highest BCUT2D eigenvalue weighted by Gasteiger charge is 2.13. The van der Waals surface area contributed by atoms with E-state index in [-0.39, 0.29) is 0 Å². The molecule has 0 bridgehead atoms. The van der Waals surface area contributed by atoms with E-state index in [0.29, 0.717) is 39.3 Å². The van der Waals surface area contributed by atoms with Crippen molar-refractivity contribution in [3.63, 3.8) is 0 Å². The molecule has 3 rings (SSSR count). The maximum atomic E-state index is 6.05. The summed E-state index contributed by atoms with van der Waals surface area (Å²) in [7, 11) is 1.60. The van der Waals surface area contributed by atoms with Crippen molar-refractivity contribution >= 4 is 23.4 Å². The van der Waals surface area contributed by atoms with Gasteiger partial charge in [-0.15, -0.1) is 15.3 Å². The van der Waals surface area contributed by atoms with Crippen molar-refractivity contribution in [2.75, 3.05) is 7.11 Å². The summed E-state index contributed by atoms with van der Waals surface area (Å²) in [4.78, 5) is 4.46. The van der Waals surface area contributed by atoms with Gasteiger partial charge in [0.1, 0.15) is 5.75 Å². The predicted molar refractivity (Wildman–Crippen MR) is 91.2 cm³/mol. The van der Waals surface area contributed by atoms with E-state index < -0.39 is 0 Å². The Labute approximate surface area is 148 Å². The highest BCUT2D eigenvalue weighted by molar-refractivity contribution is 7.98. The van der Waals surface area contributed by atoms with Crippen molar-refractivity contribution in [3.05, 3.63) is 35.0 Å². The normalized spacial score (nSPS) is 11.0. The molecule has 0 aliphatic carbocycles. The maximum absolute atomic E-state index is 6.05. The number of thioether (sulfide) groups is 1. The van der Waals surface area contributed by atoms with Crippen LogP contribution in [0.5, 0.6) is 5.75 Å². The molecule has 0 saturated carbocycles. The Balaban J connectivity index is 1.70. The molecule has 3 aromatic rings. The van der Waals surface area contributed by atoms with Crippen LogP contribution in [0.3, 0.4) is 0 Å². The number of hydrogen-bond acceptors (Lipinski definition) is 7. The Morgan fingerprint density at radius 2 is 2.12 bits per heavy atom. The average Bonchev–Trinajstić information content (AvgIpc) is 3.22. The summed E-state index contributed by atoms with van der Waals surface area (Å²) in [6, 6.07) is 5.34. The minimum Gasteiger partial charge on any atom is -0.496 e. The largest absolute Gasteiger partial charge is 0.496 e. The third-order valence-electron chi connectivity index (χ3n) is 3.18. The molecule has 1 aromatic carbocycles. The standard InChI is InChI=1S/C15H16ClN5O2S/c1-3-4-12-18-19-13(23-12)8-24-15-17-14(20-21-15)10-7-9(16)5-6-11(10)22-2/h5-7H,3-4,8H2,1-2H3,(H,17,20,21). The minimum atomic E-state index is 0.515. The first kappa shape index (κ1) is 16.8. The Kier molecular flexibility index (Phi) is 5.37. The molecule has 0 aliphatic rings. The quantitative estimate of drug-likeness (QED) is 0.637. The number of halogens is 1. The highest BCUT2D eigenvalue weighted by Crippen LogP contribution is 2.31. The van der Waals surface area contributed by atoms with Gasteiger partial charge in [-0.25, -0.2) is 4.98 Å². The van der Waals surface area contributed by atoms with E-state index in [4.69, 9.17) is 20.8 Å². The lowest BCUT2D eigenvalue weighted by molar-refractivity contribution is 0.416. The van der Waals surface area contributed by atoms with Crippen molar-refractivity contribution in [2.45, 2.75) is 30.7 Å². The average molecular weight is 366 g/mol. The van der Waals surface area contributed by atoms with Gasteiger partial charge < -0.3 is 9.15 Å². The van der Waals surface area contributed by atoms with Crippen LogP contribution in [0, 0.1) is 0 Å². The Hall–Kier alpha value is -2.06. The van der Waals surface area contributed by atoms with Gasteiger partial charge in [0.2, 0.25) is 16.9 Å². The van der Waals surface area contributed by atoms with Gasteiger partial charge in [0, 0.05) is 11.4 Å². The van der Waals surface area contributed by atoms with E-state index in [1.165, 1.54) is 11.8 Å². The molecule has 0 amide bonds. The molecule has 2 heterocycles. The molecular formula is C15H16ClN5O2S. The van der Waals surface area contributed by atoms with Crippen molar-refractivity contribution in [1.29, 1.82) is 0 Å². The van der Waals surface area contributed by atoms with Gasteiger partial charge in [0.05, 0.1) is 18.4 Å². The van der Waals surface area contributed by atoms with Crippen molar-refractivity contribution in [1.82, 2.24) is 25.4 Å². The lowest BCUT2D eigenvalue weighted by Gasteiger charge is -2.05. The van der Waals surface area contributed by atoms with Gasteiger partial charge >= 0.3 is 0 Å². The van der Waals surface area contributed by atoms with Gasteiger partial charge in [-0.05, 0) is 24.6 Å². The molecule has 0 spiro atoms. The Morgan fingerprint density at radius 1 is 1.29 bits per heavy atom. The van der Waals surface area contributed by atoms with E-state index >= 15 is 0 Å². The lowest BCUT2D eigenvalue weighted by Crippen LogP contribution is -1.89. The number of ether oxygens (including phenoxy) is 1. The molecular weight excluding hydrogens is 350 g/mol. The van der Waals surface area contributed by atoms with Crippen LogP contribution < -0.4 is 4.74 Å². The number of benzene rings is 1. The van der Waals surface area contributed by atoms with E-state index in [9.17, 15) is 0 Å². The summed E-state index contributed by atoms with van der Waals surface area (Å²) in [5.41, 5.74) is 0.757. The molecule has 0 aliphatic heterocycles. The summed E-state index contributed by atoms with van der Waals surface area (Å²) in [5.74, 6) is 3.01. The second-order valence-corrected chi connectivity index (χ2v) is 6.32. The number of aromatic amines is 1. The molecule has 0 fully saturated rings. The van der Waals surface area contributed by atoms with E-state index in [1.54, 1.807) is 25.3 Å². The molecule has 0 saturated heterocycles. The zero-order valence-electron chi connectivity index (χ0n) is 13.2. The number of rotatable bonds is 7. The lowest BCUT2D eigenvalue weighted by atomic mass is 10.2. The van der Waals surface area contributed by atoms with Crippen LogP contribution in [0.1, 0.15) is 25.1 Å². The molecule has 0 radical (unpaired) electrons. The maximum Gasteiger partial charge on any atom is 0.226 e. The second-order valence-electron chi connectivity index (χ2n) is 4.94. The van der Waals surface area contributed by atoms with Crippen LogP contribution in [-0.4, -0.2) is 32.5 Å². The number of nitrogens with zero attached hydrogens (tertiary/aromatic N) is 4. The molecule has 0 atom stereocenters. The van der Waals surface area contributed by atoms with Crippen LogP contribution in [0.2, 0.25) is 5.02 Å². The fraction of sp³-hybridized carbons (Fsp3) is 0.333. The molecule has 9 heteroatoms. The number of nitrogens with one attached hydrogen (secondary N) is 1. The summed E-state index contributed by atoms with van der Waals surface area (Å²) in [5, 5.41) is 16.3. The minimum absolute atomic E-state index is 0.515. The summed E-state index contributed by atoms with van der Waals surface area (Å²) in [6.45, 7) is 2.07. The molecule has 0 unspecified atom stereocenters. The van der Waals surface area contributed by atoms with Crippen LogP contribution in [0.4, 0.5) is 0 Å². The monoisotopic (exact) mass is 365 g/mol. The third kappa shape index (κ3) is 3.88. The van der Waals surface area contributed by atoms with Crippen LogP contribution >= 0.6 is 23.4 Å². The molecule has 24 heavy (non-hydrogen) atoms. The first-order chi connectivity index (χ1) is 11.7. The van der Waals surface area contributed by atoms with Gasteiger partial charge in [-0.2, -0.15) is 0 Å². The van der Waals surface area contributed by atoms with E-state index in [1.807, 2.05) is 0 Å². The summed E-state index contributed by atoms with van der Waals surface area (Å²) in [6.07, 6.45) is 1.76. The second kappa shape index (κ2) is 7.67. The Bertz CT molecular complexity index is 820. The fourth-order valence-corrected chi connectivity index (χ4v) is 2.89. The van der Waals surface area contributed by atoms with Gasteiger partial charge in [0.15, 0.2) is 5.82 Å². The number of H-pyrrole nitrogens is 1. The van der Waals surface area contributed by atoms with Crippen LogP contribution in [-0.2, 0) is 12.2 Å².